The third kappa shape index (κ3) is 14.9. The normalized spacial score (nSPS) is 18.0. The van der Waals surface area contributed by atoms with Crippen LogP contribution in [0, 0.1) is 5.92 Å². The Morgan fingerprint density at radius 3 is 1.80 bits per heavy atom. The van der Waals surface area contributed by atoms with Crippen LogP contribution >= 0.6 is 0 Å². The summed E-state index contributed by atoms with van der Waals surface area (Å²) in [6.45, 7) is 15.9. The third-order valence-corrected chi connectivity index (χ3v) is 17.7. The zero-order valence-corrected chi connectivity index (χ0v) is 52.5. The van der Waals surface area contributed by atoms with Crippen LogP contribution in [-0.2, 0) is 58.8 Å². The number of rotatable bonds is 27. The Labute approximate surface area is 523 Å². The molecule has 460 valence electrons. The van der Waals surface area contributed by atoms with E-state index in [-0.39, 0.29) is 66.5 Å². The van der Waals surface area contributed by atoms with Crippen molar-refractivity contribution in [2.75, 3.05) is 30.4 Å². The molecule has 5 atom stereocenters. The molecule has 6 aromatic carbocycles. The van der Waals surface area contributed by atoms with Gasteiger partial charge in [-0.3, -0.25) is 24.0 Å². The molecule has 3 unspecified atom stereocenters. The van der Waals surface area contributed by atoms with Crippen LogP contribution in [-0.4, -0.2) is 98.6 Å². The van der Waals surface area contributed by atoms with Crippen LogP contribution in [0.4, 0.5) is 17.2 Å². The first-order valence-corrected chi connectivity index (χ1v) is 31.3. The molecule has 89 heavy (non-hydrogen) atoms. The summed E-state index contributed by atoms with van der Waals surface area (Å²) in [4.78, 5) is 74.4. The molecule has 7 aromatic rings. The van der Waals surface area contributed by atoms with Gasteiger partial charge in [-0.15, -0.1) is 5.10 Å². The minimum absolute atomic E-state index is 0.0674. The average molecular weight is 1200 g/mol. The lowest BCUT2D eigenvalue weighted by Gasteiger charge is -2.27. The van der Waals surface area contributed by atoms with Gasteiger partial charge >= 0.3 is 0 Å². The molecule has 15 nitrogen and oxygen atoms in total. The summed E-state index contributed by atoms with van der Waals surface area (Å²) in [6, 6.07) is 49.6. The van der Waals surface area contributed by atoms with Gasteiger partial charge in [-0.05, 0) is 91.5 Å². The summed E-state index contributed by atoms with van der Waals surface area (Å²) in [7, 11) is 2.14. The Balaban J connectivity index is 0.827. The van der Waals surface area contributed by atoms with Crippen molar-refractivity contribution in [3.63, 3.8) is 0 Å². The van der Waals surface area contributed by atoms with Crippen molar-refractivity contribution >= 4 is 52.3 Å². The maximum Gasteiger partial charge on any atom is 0.245 e. The second-order valence-electron chi connectivity index (χ2n) is 25.6. The molecule has 0 aliphatic carbocycles. The number of aromatic nitrogens is 3. The fourth-order valence-electron chi connectivity index (χ4n) is 12.6. The Morgan fingerprint density at radius 2 is 1.17 bits per heavy atom. The first-order valence-electron chi connectivity index (χ1n) is 31.3. The summed E-state index contributed by atoms with van der Waals surface area (Å²) in [5.41, 5.74) is 10.6. The summed E-state index contributed by atoms with van der Waals surface area (Å²) in [5, 5.41) is 20.7. The highest BCUT2D eigenvalue weighted by Gasteiger charge is 2.50. The molecule has 15 heteroatoms. The van der Waals surface area contributed by atoms with E-state index in [1.54, 1.807) is 13.1 Å². The number of Topliss-reactive ketones (excluding diaryl/α,β-unsaturated/α-hetero) is 1. The van der Waals surface area contributed by atoms with Crippen molar-refractivity contribution in [3.05, 3.63) is 222 Å². The van der Waals surface area contributed by atoms with E-state index in [2.05, 4.69) is 143 Å². The van der Waals surface area contributed by atoms with Crippen molar-refractivity contribution in [2.24, 2.45) is 5.92 Å². The lowest BCUT2D eigenvalue weighted by molar-refractivity contribution is -0.401. The monoisotopic (exact) mass is 1190 g/mol. The number of nitrogens with one attached hydrogen (secondary N) is 4. The van der Waals surface area contributed by atoms with Crippen molar-refractivity contribution in [1.82, 2.24) is 30.9 Å². The standard InChI is InChI=1S/C74H83N9O6/c1-50(2)44-58(68(85)74(7)49-89-74)75-69(86)59(45-51-26-13-9-14-27-51)76-70(87)60(46-53-39-41-55(42-40-53)54-30-17-11-18-31-54)77-71(88)63(47-52-28-15-10-16-29-52)83-48-66(79-80-83)78-67(84)38-19-12-24-43-82-62-35-23-21-33-57(62)73(5,6)65(82)37-25-36-64-72(3,4)56-32-20-22-34-61(56)81(64)8/h9-11,13-18,20-23,25-37,39-42,48,50,58-60,63H,12,19,24,38,43-47,49H2,1-8H3,(H3-,75,76,77,78,84,86,87,88)/p+1/t58?,59-,60?,63-,74?/m0/s1. The van der Waals surface area contributed by atoms with E-state index >= 15 is 9.59 Å². The van der Waals surface area contributed by atoms with Gasteiger partial charge in [0.05, 0.1) is 24.3 Å². The molecule has 1 fully saturated rings. The number of hydrogen-bond donors (Lipinski definition) is 4. The van der Waals surface area contributed by atoms with Crippen LogP contribution in [0.15, 0.2) is 194 Å². The molecule has 1 aromatic heterocycles. The Hall–Kier alpha value is -9.08. The highest BCUT2D eigenvalue weighted by Crippen LogP contribution is 2.48. The van der Waals surface area contributed by atoms with E-state index in [0.29, 0.717) is 12.8 Å². The second kappa shape index (κ2) is 27.5. The largest absolute Gasteiger partial charge is 0.361 e. The molecule has 1 saturated heterocycles. The molecule has 10 rings (SSSR count). The number of unbranched alkanes of at least 4 members (excludes halogenated alkanes) is 2. The third-order valence-electron chi connectivity index (χ3n) is 17.7. The predicted octanol–water partition coefficient (Wildman–Crippen LogP) is 11.5. The van der Waals surface area contributed by atoms with Gasteiger partial charge in [-0.2, -0.15) is 4.58 Å². The SMILES string of the molecule is CC(C)CC(NC(=O)[C@H](Cc1ccccc1)NC(=O)C(Cc1ccc(-c2ccccc2)cc1)NC(=O)[C@H](Cc1ccccc1)n1cc(NC(=O)CCCCCN2/C(=C/C=C/C3=[N+](C)c4ccccc4C3(C)C)C(C)(C)c3ccccc32)nn1)C(=O)C1(C)CO1. The molecule has 3 aliphatic rings. The number of anilines is 2. The maximum atomic E-state index is 15.1. The highest BCUT2D eigenvalue weighted by atomic mass is 16.6. The minimum Gasteiger partial charge on any atom is -0.361 e. The second-order valence-corrected chi connectivity index (χ2v) is 25.6. The van der Waals surface area contributed by atoms with Crippen molar-refractivity contribution in [1.29, 1.82) is 0 Å². The number of allylic oxidation sites excluding steroid dienone is 4. The number of fused-ring (bicyclic) bond motifs is 2. The quantitative estimate of drug-likeness (QED) is 0.0221. The van der Waals surface area contributed by atoms with Gasteiger partial charge in [0.25, 0.3) is 0 Å². The van der Waals surface area contributed by atoms with Gasteiger partial charge in [-0.25, -0.2) is 4.68 Å². The van der Waals surface area contributed by atoms with Crippen LogP contribution in [0.3, 0.4) is 0 Å². The predicted molar refractivity (Wildman–Crippen MR) is 351 cm³/mol. The molecule has 4 heterocycles. The number of benzene rings is 6. The summed E-state index contributed by atoms with van der Waals surface area (Å²) in [6.07, 6.45) is 11.6. The van der Waals surface area contributed by atoms with Gasteiger partial charge < -0.3 is 30.9 Å². The number of nitrogens with zero attached hydrogens (tertiary/aromatic N) is 5. The zero-order chi connectivity index (χ0) is 62.9. The van der Waals surface area contributed by atoms with Crippen molar-refractivity contribution in [2.45, 2.75) is 140 Å². The number of para-hydroxylation sites is 2. The van der Waals surface area contributed by atoms with E-state index in [0.717, 1.165) is 47.2 Å². The molecule has 0 spiro atoms. The number of hydrogen-bond acceptors (Lipinski definition) is 9. The molecule has 4 N–H and O–H groups in total. The first kappa shape index (κ1) is 63.0. The van der Waals surface area contributed by atoms with Crippen LogP contribution in [0.2, 0.25) is 0 Å². The van der Waals surface area contributed by atoms with E-state index in [1.807, 2.05) is 129 Å². The molecule has 4 amide bonds. The molecule has 0 radical (unpaired) electrons. The van der Waals surface area contributed by atoms with Gasteiger partial charge in [0.1, 0.15) is 30.8 Å². The number of epoxide rings is 1. The summed E-state index contributed by atoms with van der Waals surface area (Å²) >= 11 is 0. The summed E-state index contributed by atoms with van der Waals surface area (Å²) in [5.74, 6) is -1.85. The van der Waals surface area contributed by atoms with Gasteiger partial charge in [0.2, 0.25) is 29.3 Å². The van der Waals surface area contributed by atoms with Gasteiger partial charge in [-0.1, -0.05) is 197 Å². The van der Waals surface area contributed by atoms with Crippen molar-refractivity contribution in [3.8, 4) is 11.1 Å². The average Bonchev–Trinajstić information content (AvgIpc) is 1.66. The fourth-order valence-corrected chi connectivity index (χ4v) is 12.6. The highest BCUT2D eigenvalue weighted by molar-refractivity contribution is 6.03. The Morgan fingerprint density at radius 1 is 0.618 bits per heavy atom. The van der Waals surface area contributed by atoms with Crippen LogP contribution < -0.4 is 26.2 Å². The maximum absolute atomic E-state index is 15.1. The van der Waals surface area contributed by atoms with Crippen LogP contribution in [0.25, 0.3) is 11.1 Å². The fraction of sp³-hybridized carbons (Fsp3) is 0.351. The molecule has 3 aliphatic heterocycles. The van der Waals surface area contributed by atoms with Gasteiger partial charge in [0.15, 0.2) is 17.3 Å². The number of amides is 4. The summed E-state index contributed by atoms with van der Waals surface area (Å²) < 4.78 is 9.23. The molecule has 0 saturated carbocycles. The van der Waals surface area contributed by atoms with E-state index in [1.165, 1.54) is 38.6 Å². The molecule has 0 bridgehead atoms. The zero-order valence-electron chi connectivity index (χ0n) is 52.5. The number of ether oxygens (including phenoxy) is 1. The number of carbonyl (C=O) groups is 5. The van der Waals surface area contributed by atoms with E-state index in [4.69, 9.17) is 4.74 Å². The topological polar surface area (TPSA) is 183 Å². The van der Waals surface area contributed by atoms with E-state index < -0.39 is 47.5 Å². The molecular formula is C74H84N9O6+. The smallest absolute Gasteiger partial charge is 0.245 e. The Kier molecular flexibility index (Phi) is 19.5. The minimum atomic E-state index is -1.19. The lowest BCUT2D eigenvalue weighted by atomic mass is 9.81. The first-order chi connectivity index (χ1) is 42.8. The number of ketones is 1. The van der Waals surface area contributed by atoms with E-state index in [9.17, 15) is 14.4 Å². The Bertz CT molecular complexity index is 3750. The van der Waals surface area contributed by atoms with Crippen LogP contribution in [0.1, 0.15) is 114 Å². The van der Waals surface area contributed by atoms with Gasteiger partial charge in [0, 0.05) is 66.7 Å². The lowest BCUT2D eigenvalue weighted by Crippen LogP contribution is -2.58. The van der Waals surface area contributed by atoms with Crippen molar-refractivity contribution < 1.29 is 33.3 Å². The number of carbonyl (C=O) groups excluding carboxylic acids is 5. The molecular weight excluding hydrogens is 1110 g/mol. The van der Waals surface area contributed by atoms with Crippen LogP contribution in [0.5, 0.6) is 0 Å².